The molecule has 1 saturated heterocycles. The van der Waals surface area contributed by atoms with Gasteiger partial charge in [-0.25, -0.2) is 4.79 Å². The molecule has 6 heteroatoms. The second-order valence-corrected chi connectivity index (χ2v) is 6.69. The van der Waals surface area contributed by atoms with E-state index in [-0.39, 0.29) is 18.2 Å². The van der Waals surface area contributed by atoms with Crippen molar-refractivity contribution >= 4 is 6.09 Å². The van der Waals surface area contributed by atoms with Crippen molar-refractivity contribution in [2.75, 3.05) is 26.8 Å². The van der Waals surface area contributed by atoms with Crippen LogP contribution in [0.3, 0.4) is 0 Å². The molecule has 0 aromatic carbocycles. The molecule has 1 fully saturated rings. The van der Waals surface area contributed by atoms with E-state index in [1.54, 1.807) is 12.0 Å². The van der Waals surface area contributed by atoms with Crippen molar-refractivity contribution in [1.29, 1.82) is 0 Å². The molecule has 0 spiro atoms. The van der Waals surface area contributed by atoms with Gasteiger partial charge in [-0.1, -0.05) is 0 Å². The van der Waals surface area contributed by atoms with E-state index >= 15 is 0 Å². The molecule has 1 aliphatic heterocycles. The zero-order valence-electron chi connectivity index (χ0n) is 13.9. The maximum absolute atomic E-state index is 12.2. The van der Waals surface area contributed by atoms with Crippen molar-refractivity contribution in [2.24, 2.45) is 0 Å². The summed E-state index contributed by atoms with van der Waals surface area (Å²) < 4.78 is 10.4. The average Bonchev–Trinajstić information content (AvgIpc) is 2.83. The number of amides is 1. The maximum Gasteiger partial charge on any atom is 0.410 e. The highest BCUT2D eigenvalue weighted by atomic mass is 16.6. The number of nitrogens with one attached hydrogen (secondary N) is 1. The van der Waals surface area contributed by atoms with Crippen molar-refractivity contribution in [3.8, 4) is 0 Å². The summed E-state index contributed by atoms with van der Waals surface area (Å²) >= 11 is 0. The average molecular weight is 302 g/mol. The molecule has 0 aromatic rings. The molecule has 21 heavy (non-hydrogen) atoms. The molecule has 1 aliphatic rings. The number of likely N-dealkylation sites (tertiary alicyclic amines) is 1. The summed E-state index contributed by atoms with van der Waals surface area (Å²) in [4.78, 5) is 14.0. The highest BCUT2D eigenvalue weighted by Gasteiger charge is 2.35. The molecule has 124 valence electrons. The zero-order chi connectivity index (χ0) is 16.0. The third-order valence-corrected chi connectivity index (χ3v) is 3.54. The van der Waals surface area contributed by atoms with Gasteiger partial charge in [0.05, 0.1) is 18.8 Å². The van der Waals surface area contributed by atoms with E-state index in [4.69, 9.17) is 9.47 Å². The third kappa shape index (κ3) is 6.20. The van der Waals surface area contributed by atoms with Gasteiger partial charge in [-0.2, -0.15) is 0 Å². The topological polar surface area (TPSA) is 71.0 Å². The molecule has 1 amide bonds. The lowest BCUT2D eigenvalue weighted by atomic mass is 10.1. The summed E-state index contributed by atoms with van der Waals surface area (Å²) in [5.74, 6) is 0. The van der Waals surface area contributed by atoms with E-state index in [9.17, 15) is 9.90 Å². The molecule has 0 radical (unpaired) electrons. The number of carbonyl (C=O) groups excluding carboxylic acids is 1. The molecule has 3 atom stereocenters. The number of carbonyl (C=O) groups is 1. The molecule has 1 heterocycles. The lowest BCUT2D eigenvalue weighted by molar-refractivity contribution is 0.0190. The summed E-state index contributed by atoms with van der Waals surface area (Å²) in [5, 5.41) is 13.0. The third-order valence-electron chi connectivity index (χ3n) is 3.54. The largest absolute Gasteiger partial charge is 0.444 e. The molecule has 0 aliphatic carbocycles. The molecule has 2 unspecified atom stereocenters. The van der Waals surface area contributed by atoms with Crippen molar-refractivity contribution in [3.05, 3.63) is 0 Å². The first-order valence-electron chi connectivity index (χ1n) is 7.64. The van der Waals surface area contributed by atoms with Crippen LogP contribution >= 0.6 is 0 Å². The fourth-order valence-electron chi connectivity index (χ4n) is 2.57. The highest BCUT2D eigenvalue weighted by Crippen LogP contribution is 2.23. The van der Waals surface area contributed by atoms with Gasteiger partial charge >= 0.3 is 6.09 Å². The zero-order valence-corrected chi connectivity index (χ0v) is 13.9. The Hall–Kier alpha value is -0.850. The van der Waals surface area contributed by atoms with Crippen LogP contribution in [0, 0.1) is 0 Å². The predicted octanol–water partition coefficient (Wildman–Crippen LogP) is 1.37. The van der Waals surface area contributed by atoms with Crippen LogP contribution in [0.25, 0.3) is 0 Å². The standard InChI is InChI=1S/C15H30N2O4/c1-11(16-9-12(18)10-20-5)13-7-6-8-17(13)14(19)21-15(2,3)4/h11-13,16,18H,6-10H2,1-5H3/t11?,12?,13-/m0/s1. The van der Waals surface area contributed by atoms with E-state index in [0.717, 1.165) is 19.4 Å². The number of nitrogens with zero attached hydrogens (tertiary/aromatic N) is 1. The molecule has 2 N–H and O–H groups in total. The van der Waals surface area contributed by atoms with Crippen molar-refractivity contribution in [2.45, 2.75) is 64.3 Å². The number of aliphatic hydroxyl groups excluding tert-OH is 1. The molecular formula is C15H30N2O4. The number of methoxy groups -OCH3 is 1. The second-order valence-electron chi connectivity index (χ2n) is 6.69. The molecule has 0 bridgehead atoms. The Kier molecular flexibility index (Phi) is 6.90. The van der Waals surface area contributed by atoms with Crippen LogP contribution in [0.2, 0.25) is 0 Å². The number of hydrogen-bond acceptors (Lipinski definition) is 5. The van der Waals surface area contributed by atoms with Crippen LogP contribution in [0.5, 0.6) is 0 Å². The van der Waals surface area contributed by atoms with Gasteiger partial charge in [-0.15, -0.1) is 0 Å². The Morgan fingerprint density at radius 3 is 2.71 bits per heavy atom. The molecular weight excluding hydrogens is 272 g/mol. The lowest BCUT2D eigenvalue weighted by Gasteiger charge is -2.32. The van der Waals surface area contributed by atoms with Crippen LogP contribution in [0.15, 0.2) is 0 Å². The molecule has 0 saturated carbocycles. The Bertz CT molecular complexity index is 330. The molecule has 6 nitrogen and oxygen atoms in total. The van der Waals surface area contributed by atoms with Crippen LogP contribution in [-0.2, 0) is 9.47 Å². The second kappa shape index (κ2) is 7.96. The van der Waals surface area contributed by atoms with Gasteiger partial charge < -0.3 is 24.8 Å². The predicted molar refractivity (Wildman–Crippen MR) is 81.3 cm³/mol. The minimum absolute atomic E-state index is 0.103. The minimum Gasteiger partial charge on any atom is -0.444 e. The fraction of sp³-hybridized carbons (Fsp3) is 0.933. The van der Waals surface area contributed by atoms with Gasteiger partial charge in [0.25, 0.3) is 0 Å². The summed E-state index contributed by atoms with van der Waals surface area (Å²) in [7, 11) is 1.56. The van der Waals surface area contributed by atoms with Gasteiger partial charge in [-0.05, 0) is 40.5 Å². The monoisotopic (exact) mass is 302 g/mol. The van der Waals surface area contributed by atoms with E-state index < -0.39 is 11.7 Å². The Morgan fingerprint density at radius 1 is 1.48 bits per heavy atom. The van der Waals surface area contributed by atoms with Crippen LogP contribution in [-0.4, -0.2) is 66.7 Å². The van der Waals surface area contributed by atoms with Crippen LogP contribution in [0.1, 0.15) is 40.5 Å². The van der Waals surface area contributed by atoms with Crippen molar-refractivity contribution < 1.29 is 19.4 Å². The first kappa shape index (κ1) is 18.2. The van der Waals surface area contributed by atoms with E-state index in [1.807, 2.05) is 27.7 Å². The lowest BCUT2D eigenvalue weighted by Crippen LogP contribution is -2.50. The summed E-state index contributed by atoms with van der Waals surface area (Å²) in [6, 6.07) is 0.209. The van der Waals surface area contributed by atoms with Gasteiger partial charge in [0.2, 0.25) is 0 Å². The van der Waals surface area contributed by atoms with Crippen LogP contribution < -0.4 is 5.32 Å². The van der Waals surface area contributed by atoms with Crippen molar-refractivity contribution in [1.82, 2.24) is 10.2 Å². The quantitative estimate of drug-likeness (QED) is 0.775. The summed E-state index contributed by atoms with van der Waals surface area (Å²) in [6.07, 6.45) is 1.15. The maximum atomic E-state index is 12.2. The van der Waals surface area contributed by atoms with E-state index in [0.29, 0.717) is 13.2 Å². The van der Waals surface area contributed by atoms with Gasteiger partial charge in [0, 0.05) is 26.2 Å². The van der Waals surface area contributed by atoms with Crippen molar-refractivity contribution in [3.63, 3.8) is 0 Å². The van der Waals surface area contributed by atoms with Gasteiger partial charge in [-0.3, -0.25) is 0 Å². The Labute approximate surface area is 127 Å². The molecule has 0 aromatic heterocycles. The first-order valence-corrected chi connectivity index (χ1v) is 7.64. The normalized spacial score (nSPS) is 22.2. The van der Waals surface area contributed by atoms with E-state index in [1.165, 1.54) is 0 Å². The number of aliphatic hydroxyl groups is 1. The van der Waals surface area contributed by atoms with Gasteiger partial charge in [0.1, 0.15) is 5.60 Å². The number of rotatable bonds is 6. The summed E-state index contributed by atoms with van der Waals surface area (Å²) in [5.41, 5.74) is -0.477. The smallest absolute Gasteiger partial charge is 0.410 e. The molecule has 1 rings (SSSR count). The Morgan fingerprint density at radius 2 is 2.14 bits per heavy atom. The number of ether oxygens (including phenoxy) is 2. The van der Waals surface area contributed by atoms with E-state index in [2.05, 4.69) is 5.32 Å². The Balaban J connectivity index is 2.50. The summed E-state index contributed by atoms with van der Waals surface area (Å²) in [6.45, 7) is 9.14. The minimum atomic E-state index is -0.533. The van der Waals surface area contributed by atoms with Gasteiger partial charge in [0.15, 0.2) is 0 Å². The fourth-order valence-corrected chi connectivity index (χ4v) is 2.57. The SMILES string of the molecule is COCC(O)CNC(C)[C@@H]1CCCN1C(=O)OC(C)(C)C. The van der Waals surface area contributed by atoms with Crippen LogP contribution in [0.4, 0.5) is 4.79 Å². The number of hydrogen-bond donors (Lipinski definition) is 2. The first-order chi connectivity index (χ1) is 9.74. The highest BCUT2D eigenvalue weighted by molar-refractivity contribution is 5.69.